The molecule has 0 spiro atoms. The van der Waals surface area contributed by atoms with Crippen LogP contribution in [0.4, 0.5) is 4.39 Å². The summed E-state index contributed by atoms with van der Waals surface area (Å²) in [6.07, 6.45) is 5.47. The lowest BCUT2D eigenvalue weighted by Gasteiger charge is -2.65. The van der Waals surface area contributed by atoms with Crippen molar-refractivity contribution >= 4 is 0 Å². The van der Waals surface area contributed by atoms with Gasteiger partial charge in [0.25, 0.3) is 6.01 Å². The standard InChI is InChI=1S/C9H11FN2O/c1-13-7-11-2-3-12(7)9-4-8(10,5-9)6-9/h2-3H,4-6H2,1H3. The monoisotopic (exact) mass is 182 g/mol. The summed E-state index contributed by atoms with van der Waals surface area (Å²) < 4.78 is 20.3. The summed E-state index contributed by atoms with van der Waals surface area (Å²) in [5.74, 6) is 0. The van der Waals surface area contributed by atoms with Crippen molar-refractivity contribution < 1.29 is 9.13 Å². The van der Waals surface area contributed by atoms with Crippen LogP contribution in [0, 0.1) is 0 Å². The molecule has 3 fully saturated rings. The lowest BCUT2D eigenvalue weighted by Crippen LogP contribution is -2.69. The van der Waals surface area contributed by atoms with E-state index in [4.69, 9.17) is 4.74 Å². The van der Waals surface area contributed by atoms with Crippen molar-refractivity contribution in [1.82, 2.24) is 9.55 Å². The first-order valence-electron chi connectivity index (χ1n) is 4.44. The second kappa shape index (κ2) is 1.89. The molecule has 3 aliphatic rings. The maximum atomic E-state index is 13.3. The first-order valence-corrected chi connectivity index (χ1v) is 4.44. The molecule has 1 heterocycles. The predicted octanol–water partition coefficient (Wildman–Crippen LogP) is 1.49. The second-order valence-electron chi connectivity index (χ2n) is 4.19. The summed E-state index contributed by atoms with van der Waals surface area (Å²) in [4.78, 5) is 4.05. The van der Waals surface area contributed by atoms with E-state index in [1.165, 1.54) is 0 Å². The van der Waals surface area contributed by atoms with E-state index < -0.39 is 5.67 Å². The molecule has 4 rings (SSSR count). The molecule has 13 heavy (non-hydrogen) atoms. The molecule has 0 aliphatic heterocycles. The van der Waals surface area contributed by atoms with Gasteiger partial charge in [-0.25, -0.2) is 9.37 Å². The lowest BCUT2D eigenvalue weighted by molar-refractivity contribution is -0.199. The number of hydrogen-bond donors (Lipinski definition) is 0. The van der Waals surface area contributed by atoms with Crippen molar-refractivity contribution in [2.45, 2.75) is 30.5 Å². The van der Waals surface area contributed by atoms with Gasteiger partial charge in [0.15, 0.2) is 0 Å². The molecule has 0 radical (unpaired) electrons. The van der Waals surface area contributed by atoms with Crippen molar-refractivity contribution in [3.8, 4) is 6.01 Å². The van der Waals surface area contributed by atoms with E-state index in [9.17, 15) is 4.39 Å². The van der Waals surface area contributed by atoms with Gasteiger partial charge >= 0.3 is 0 Å². The number of alkyl halides is 1. The molecular formula is C9H11FN2O. The first-order chi connectivity index (χ1) is 6.18. The maximum Gasteiger partial charge on any atom is 0.296 e. The van der Waals surface area contributed by atoms with Crippen LogP contribution < -0.4 is 4.74 Å². The Morgan fingerprint density at radius 1 is 1.54 bits per heavy atom. The number of ether oxygens (including phenoxy) is 1. The van der Waals surface area contributed by atoms with Crippen LogP contribution in [0.3, 0.4) is 0 Å². The summed E-state index contributed by atoms with van der Waals surface area (Å²) in [5.41, 5.74) is -0.869. The molecule has 3 aliphatic carbocycles. The van der Waals surface area contributed by atoms with E-state index in [-0.39, 0.29) is 5.54 Å². The molecule has 4 heteroatoms. The molecule has 70 valence electrons. The molecule has 3 nitrogen and oxygen atoms in total. The third kappa shape index (κ3) is 0.716. The zero-order valence-electron chi connectivity index (χ0n) is 7.46. The minimum Gasteiger partial charge on any atom is -0.468 e. The van der Waals surface area contributed by atoms with Crippen molar-refractivity contribution in [2.75, 3.05) is 7.11 Å². The van der Waals surface area contributed by atoms with Gasteiger partial charge in [0.2, 0.25) is 0 Å². The Labute approximate surface area is 75.5 Å². The maximum absolute atomic E-state index is 13.3. The first kappa shape index (κ1) is 7.35. The highest BCUT2D eigenvalue weighted by Gasteiger charge is 2.70. The summed E-state index contributed by atoms with van der Waals surface area (Å²) in [7, 11) is 1.59. The van der Waals surface area contributed by atoms with Gasteiger partial charge in [0.1, 0.15) is 5.67 Å². The minimum absolute atomic E-state index is 0.00338. The third-order valence-corrected chi connectivity index (χ3v) is 3.24. The molecule has 1 aromatic rings. The van der Waals surface area contributed by atoms with Crippen molar-refractivity contribution in [3.63, 3.8) is 0 Å². The SMILES string of the molecule is COc1nccn1C12CC(F)(C1)C2. The van der Waals surface area contributed by atoms with E-state index >= 15 is 0 Å². The lowest BCUT2D eigenvalue weighted by atomic mass is 9.47. The molecule has 0 saturated heterocycles. The fourth-order valence-corrected chi connectivity index (χ4v) is 2.67. The number of imidazole rings is 1. The summed E-state index contributed by atoms with van der Waals surface area (Å²) in [6, 6.07) is 0.599. The number of methoxy groups -OCH3 is 1. The zero-order valence-corrected chi connectivity index (χ0v) is 7.46. The van der Waals surface area contributed by atoms with Crippen LogP contribution >= 0.6 is 0 Å². The summed E-state index contributed by atoms with van der Waals surface area (Å²) in [6.45, 7) is 0. The van der Waals surface area contributed by atoms with Gasteiger partial charge in [-0.15, -0.1) is 0 Å². The average Bonchev–Trinajstić information content (AvgIpc) is 2.43. The van der Waals surface area contributed by atoms with Crippen LogP contribution in [0.15, 0.2) is 12.4 Å². The minimum atomic E-state index is -0.866. The van der Waals surface area contributed by atoms with Crippen molar-refractivity contribution in [2.24, 2.45) is 0 Å². The molecule has 3 saturated carbocycles. The average molecular weight is 182 g/mol. The third-order valence-electron chi connectivity index (χ3n) is 3.24. The van der Waals surface area contributed by atoms with Gasteiger partial charge in [-0.05, 0) is 0 Å². The molecule has 0 unspecified atom stereocenters. The summed E-state index contributed by atoms with van der Waals surface area (Å²) in [5, 5.41) is 0. The number of hydrogen-bond acceptors (Lipinski definition) is 2. The molecule has 1 aromatic heterocycles. The van der Waals surface area contributed by atoms with E-state index in [1.54, 1.807) is 13.3 Å². The van der Waals surface area contributed by atoms with Gasteiger partial charge in [-0.1, -0.05) is 0 Å². The second-order valence-corrected chi connectivity index (χ2v) is 4.19. The van der Waals surface area contributed by atoms with Gasteiger partial charge in [0.05, 0.1) is 12.6 Å². The van der Waals surface area contributed by atoms with E-state index in [0.717, 1.165) is 0 Å². The molecule has 0 amide bonds. The number of aromatic nitrogens is 2. The van der Waals surface area contributed by atoms with Crippen LogP contribution in [-0.2, 0) is 5.54 Å². The Morgan fingerprint density at radius 3 is 2.77 bits per heavy atom. The quantitative estimate of drug-likeness (QED) is 0.693. The molecular weight excluding hydrogens is 171 g/mol. The topological polar surface area (TPSA) is 27.1 Å². The summed E-state index contributed by atoms with van der Waals surface area (Å²) >= 11 is 0. The highest BCUT2D eigenvalue weighted by molar-refractivity contribution is 5.26. The molecule has 0 aromatic carbocycles. The van der Waals surface area contributed by atoms with E-state index in [1.807, 2.05) is 10.8 Å². The van der Waals surface area contributed by atoms with E-state index in [0.29, 0.717) is 25.3 Å². The normalized spacial score (nSPS) is 40.8. The van der Waals surface area contributed by atoms with Gasteiger partial charge < -0.3 is 4.74 Å². The van der Waals surface area contributed by atoms with Crippen LogP contribution in [0.1, 0.15) is 19.3 Å². The fraction of sp³-hybridized carbons (Fsp3) is 0.667. The fourth-order valence-electron chi connectivity index (χ4n) is 2.67. The Kier molecular flexibility index (Phi) is 1.07. The van der Waals surface area contributed by atoms with Gasteiger partial charge in [0, 0.05) is 31.7 Å². The molecule has 0 atom stereocenters. The van der Waals surface area contributed by atoms with Crippen LogP contribution in [-0.4, -0.2) is 22.3 Å². The zero-order chi connectivity index (χ0) is 9.10. The molecule has 2 bridgehead atoms. The Hall–Kier alpha value is -1.06. The number of rotatable bonds is 2. The predicted molar refractivity (Wildman–Crippen MR) is 44.4 cm³/mol. The Balaban J connectivity index is 1.94. The highest BCUT2D eigenvalue weighted by Crippen LogP contribution is 2.68. The Bertz CT molecular complexity index is 340. The number of halogens is 1. The number of nitrogens with zero attached hydrogens (tertiary/aromatic N) is 2. The highest BCUT2D eigenvalue weighted by atomic mass is 19.1. The van der Waals surface area contributed by atoms with Crippen LogP contribution in [0.5, 0.6) is 6.01 Å². The van der Waals surface area contributed by atoms with Gasteiger partial charge in [-0.2, -0.15) is 0 Å². The van der Waals surface area contributed by atoms with Crippen molar-refractivity contribution in [1.29, 1.82) is 0 Å². The van der Waals surface area contributed by atoms with Crippen molar-refractivity contribution in [3.05, 3.63) is 12.4 Å². The largest absolute Gasteiger partial charge is 0.468 e. The molecule has 0 N–H and O–H groups in total. The van der Waals surface area contributed by atoms with Gasteiger partial charge in [-0.3, -0.25) is 4.57 Å². The van der Waals surface area contributed by atoms with Crippen LogP contribution in [0.25, 0.3) is 0 Å². The Morgan fingerprint density at radius 2 is 2.23 bits per heavy atom. The van der Waals surface area contributed by atoms with E-state index in [2.05, 4.69) is 4.98 Å². The van der Waals surface area contributed by atoms with Crippen LogP contribution in [0.2, 0.25) is 0 Å². The smallest absolute Gasteiger partial charge is 0.296 e.